The predicted molar refractivity (Wildman–Crippen MR) is 155 cm³/mol. The van der Waals surface area contributed by atoms with Crippen molar-refractivity contribution in [2.45, 2.75) is 33.4 Å². The average molecular weight is 577 g/mol. The molecule has 0 aliphatic heterocycles. The molecule has 212 valence electrons. The second-order valence-electron chi connectivity index (χ2n) is 9.26. The highest BCUT2D eigenvalue weighted by atomic mass is 35.5. The van der Waals surface area contributed by atoms with Crippen LogP contribution < -0.4 is 21.1 Å². The van der Waals surface area contributed by atoms with Gasteiger partial charge in [-0.2, -0.15) is 5.10 Å². The van der Waals surface area contributed by atoms with Crippen LogP contribution in [0.1, 0.15) is 39.9 Å². The topological polar surface area (TPSA) is 155 Å². The molecule has 0 aliphatic rings. The smallest absolute Gasteiger partial charge is 0.295 e. The lowest BCUT2D eigenvalue weighted by molar-refractivity contribution is 0.0995. The fourth-order valence-electron chi connectivity index (χ4n) is 4.54. The van der Waals surface area contributed by atoms with Gasteiger partial charge in [0.25, 0.3) is 11.9 Å². The molecule has 0 saturated carbocycles. The summed E-state index contributed by atoms with van der Waals surface area (Å²) in [5.74, 6) is 0.331. The van der Waals surface area contributed by atoms with Crippen LogP contribution in [0.25, 0.3) is 22.4 Å². The van der Waals surface area contributed by atoms with E-state index in [4.69, 9.17) is 26.5 Å². The van der Waals surface area contributed by atoms with Gasteiger partial charge in [-0.25, -0.2) is 9.97 Å². The SMILES string of the molecule is CCn1nc(C)cc1C(=O)Nc1nc2cc(C(N)=O)cc(OC)c2n1CCCNc1ncc(-c2cccc(Cl)c2)o1. The number of fused-ring (bicyclic) bond motifs is 1. The fourth-order valence-corrected chi connectivity index (χ4v) is 4.73. The second-order valence-corrected chi connectivity index (χ2v) is 9.70. The number of carbonyl (C=O) groups is 2. The summed E-state index contributed by atoms with van der Waals surface area (Å²) in [4.78, 5) is 34.1. The van der Waals surface area contributed by atoms with Crippen LogP contribution in [0, 0.1) is 6.92 Å². The van der Waals surface area contributed by atoms with E-state index in [0.29, 0.717) is 71.3 Å². The summed E-state index contributed by atoms with van der Waals surface area (Å²) >= 11 is 6.09. The number of carbonyl (C=O) groups excluding carboxylic acids is 2. The summed E-state index contributed by atoms with van der Waals surface area (Å²) in [5.41, 5.74) is 8.82. The van der Waals surface area contributed by atoms with Gasteiger partial charge >= 0.3 is 0 Å². The van der Waals surface area contributed by atoms with Crippen LogP contribution in [0.5, 0.6) is 5.75 Å². The summed E-state index contributed by atoms with van der Waals surface area (Å²) in [6.45, 7) is 5.22. The van der Waals surface area contributed by atoms with Crippen molar-refractivity contribution in [3.8, 4) is 17.1 Å². The lowest BCUT2D eigenvalue weighted by Gasteiger charge is -2.13. The first-order valence-corrected chi connectivity index (χ1v) is 13.3. The van der Waals surface area contributed by atoms with E-state index in [1.54, 1.807) is 41.2 Å². The molecule has 3 aromatic heterocycles. The maximum atomic E-state index is 13.2. The van der Waals surface area contributed by atoms with Crippen molar-refractivity contribution in [2.75, 3.05) is 24.3 Å². The number of benzene rings is 2. The van der Waals surface area contributed by atoms with Crippen molar-refractivity contribution in [3.63, 3.8) is 0 Å². The lowest BCUT2D eigenvalue weighted by atomic mass is 10.1. The molecule has 41 heavy (non-hydrogen) atoms. The number of primary amides is 1. The Bertz CT molecular complexity index is 1740. The third-order valence-electron chi connectivity index (χ3n) is 6.42. The van der Waals surface area contributed by atoms with Gasteiger partial charge in [-0.05, 0) is 50.6 Å². The van der Waals surface area contributed by atoms with E-state index in [0.717, 1.165) is 11.3 Å². The van der Waals surface area contributed by atoms with Crippen LogP contribution in [0.4, 0.5) is 12.0 Å². The zero-order valence-electron chi connectivity index (χ0n) is 22.8. The first-order chi connectivity index (χ1) is 19.8. The lowest BCUT2D eigenvalue weighted by Crippen LogP contribution is -2.20. The molecule has 3 heterocycles. The number of nitrogens with two attached hydrogens (primary N) is 1. The second kappa shape index (κ2) is 11.7. The normalized spacial score (nSPS) is 11.1. The maximum Gasteiger partial charge on any atom is 0.295 e. The Hall–Kier alpha value is -4.84. The number of halogens is 1. The zero-order valence-corrected chi connectivity index (χ0v) is 23.5. The number of rotatable bonds is 11. The largest absolute Gasteiger partial charge is 0.494 e. The number of aromatic nitrogens is 5. The van der Waals surface area contributed by atoms with E-state index in [2.05, 4.69) is 25.7 Å². The van der Waals surface area contributed by atoms with E-state index in [-0.39, 0.29) is 11.5 Å². The number of ether oxygens (including phenoxy) is 1. The molecule has 0 fully saturated rings. The Morgan fingerprint density at radius 2 is 2.02 bits per heavy atom. The Balaban J connectivity index is 1.38. The van der Waals surface area contributed by atoms with E-state index < -0.39 is 5.91 Å². The Kier molecular flexibility index (Phi) is 7.92. The van der Waals surface area contributed by atoms with Crippen LogP contribution in [-0.2, 0) is 13.1 Å². The number of imidazole rings is 1. The number of oxazole rings is 1. The highest BCUT2D eigenvalue weighted by Gasteiger charge is 2.21. The average Bonchev–Trinajstić information content (AvgIpc) is 3.67. The molecule has 12 nitrogen and oxygen atoms in total. The predicted octanol–water partition coefficient (Wildman–Crippen LogP) is 4.73. The Morgan fingerprint density at radius 1 is 1.20 bits per heavy atom. The molecule has 2 amide bonds. The van der Waals surface area contributed by atoms with E-state index in [9.17, 15) is 9.59 Å². The van der Waals surface area contributed by atoms with Gasteiger partial charge in [-0.15, -0.1) is 0 Å². The molecule has 13 heteroatoms. The van der Waals surface area contributed by atoms with Crippen LogP contribution in [0.15, 0.2) is 53.1 Å². The number of hydrogen-bond donors (Lipinski definition) is 3. The summed E-state index contributed by atoms with van der Waals surface area (Å²) < 4.78 is 14.9. The molecule has 5 rings (SSSR count). The van der Waals surface area contributed by atoms with Crippen molar-refractivity contribution in [1.82, 2.24) is 24.3 Å². The van der Waals surface area contributed by atoms with Gasteiger partial charge in [-0.3, -0.25) is 19.6 Å². The molecule has 0 spiro atoms. The summed E-state index contributed by atoms with van der Waals surface area (Å²) in [6.07, 6.45) is 2.24. The summed E-state index contributed by atoms with van der Waals surface area (Å²) in [5, 5.41) is 11.1. The minimum atomic E-state index is -0.611. The van der Waals surface area contributed by atoms with Crippen molar-refractivity contribution in [1.29, 1.82) is 0 Å². The van der Waals surface area contributed by atoms with E-state index in [1.165, 1.54) is 7.11 Å². The van der Waals surface area contributed by atoms with Crippen LogP contribution in [-0.4, -0.2) is 49.8 Å². The van der Waals surface area contributed by atoms with Crippen molar-refractivity contribution >= 4 is 46.4 Å². The van der Waals surface area contributed by atoms with Gasteiger partial charge in [0.05, 0.1) is 24.5 Å². The van der Waals surface area contributed by atoms with Crippen LogP contribution >= 0.6 is 11.6 Å². The Morgan fingerprint density at radius 3 is 2.76 bits per heavy atom. The molecule has 2 aromatic carbocycles. The molecule has 0 atom stereocenters. The monoisotopic (exact) mass is 576 g/mol. The summed E-state index contributed by atoms with van der Waals surface area (Å²) in [7, 11) is 1.50. The molecule has 0 aliphatic carbocycles. The number of nitrogens with one attached hydrogen (secondary N) is 2. The number of aryl methyl sites for hydroxylation is 3. The zero-order chi connectivity index (χ0) is 29.1. The van der Waals surface area contributed by atoms with Crippen molar-refractivity contribution in [2.24, 2.45) is 5.73 Å². The number of methoxy groups -OCH3 is 1. The van der Waals surface area contributed by atoms with E-state index in [1.807, 2.05) is 30.5 Å². The quantitative estimate of drug-likeness (QED) is 0.191. The molecule has 0 radical (unpaired) electrons. The first-order valence-electron chi connectivity index (χ1n) is 13.0. The van der Waals surface area contributed by atoms with Gasteiger partial charge in [0.1, 0.15) is 17.0 Å². The maximum absolute atomic E-state index is 13.2. The fraction of sp³-hybridized carbons (Fsp3) is 0.250. The molecular weight excluding hydrogens is 548 g/mol. The number of amides is 2. The van der Waals surface area contributed by atoms with Crippen molar-refractivity contribution < 1.29 is 18.7 Å². The van der Waals surface area contributed by atoms with Crippen molar-refractivity contribution in [3.05, 3.63) is 70.6 Å². The molecule has 4 N–H and O–H groups in total. The molecule has 0 unspecified atom stereocenters. The van der Waals surface area contributed by atoms with Gasteiger partial charge < -0.3 is 24.8 Å². The minimum Gasteiger partial charge on any atom is -0.494 e. The highest BCUT2D eigenvalue weighted by Crippen LogP contribution is 2.31. The number of nitrogens with zero attached hydrogens (tertiary/aromatic N) is 5. The minimum absolute atomic E-state index is 0.248. The highest BCUT2D eigenvalue weighted by molar-refractivity contribution is 6.30. The molecule has 0 saturated heterocycles. The first kappa shape index (κ1) is 27.7. The molecule has 0 bridgehead atoms. The molecular formula is C28H29ClN8O4. The van der Waals surface area contributed by atoms with Gasteiger partial charge in [0, 0.05) is 35.8 Å². The summed E-state index contributed by atoms with van der Waals surface area (Å²) in [6, 6.07) is 12.6. The van der Waals surface area contributed by atoms with Gasteiger partial charge in [0.15, 0.2) is 5.76 Å². The standard InChI is InChI=1S/C28H29ClN8O4/c1-4-37-21(11-16(2)35-37)26(39)34-27-33-20-13-18(25(30)38)14-22(40-3)24(20)36(27)10-6-9-31-28-32-15-23(41-28)17-7-5-8-19(29)12-17/h5,7-8,11-15H,4,6,9-10H2,1-3H3,(H2,30,38)(H,31,32)(H,33,34,39). The van der Waals surface area contributed by atoms with Crippen LogP contribution in [0.3, 0.4) is 0 Å². The number of hydrogen-bond acceptors (Lipinski definition) is 8. The van der Waals surface area contributed by atoms with Crippen LogP contribution in [0.2, 0.25) is 5.02 Å². The van der Waals surface area contributed by atoms with Gasteiger partial charge in [-0.1, -0.05) is 23.7 Å². The third kappa shape index (κ3) is 5.87. The number of anilines is 2. The third-order valence-corrected chi connectivity index (χ3v) is 6.66. The van der Waals surface area contributed by atoms with Gasteiger partial charge in [0.2, 0.25) is 11.9 Å². The Labute approximate surface area is 240 Å². The molecule has 5 aromatic rings. The van der Waals surface area contributed by atoms with E-state index >= 15 is 0 Å².